The van der Waals surface area contributed by atoms with Gasteiger partial charge in [0.05, 0.1) is 29.4 Å². The van der Waals surface area contributed by atoms with Crippen LogP contribution in [0, 0.1) is 11.3 Å². The zero-order valence-electron chi connectivity index (χ0n) is 18.0. The predicted octanol–water partition coefficient (Wildman–Crippen LogP) is 1.82. The summed E-state index contributed by atoms with van der Waals surface area (Å²) in [4.78, 5) is 29.1. The van der Waals surface area contributed by atoms with Crippen LogP contribution in [0.3, 0.4) is 0 Å². The number of nitriles is 1. The minimum Gasteiger partial charge on any atom is -0.490 e. The molecule has 0 spiro atoms. The molecule has 3 rings (SSSR count). The first-order chi connectivity index (χ1) is 14.3. The Morgan fingerprint density at radius 2 is 1.97 bits per heavy atom. The van der Waals surface area contributed by atoms with Gasteiger partial charge in [0.2, 0.25) is 5.91 Å². The lowest BCUT2D eigenvalue weighted by molar-refractivity contribution is -0.146. The Hall–Kier alpha value is -2.63. The molecule has 2 bridgehead atoms. The van der Waals surface area contributed by atoms with Crippen molar-refractivity contribution >= 4 is 11.8 Å². The number of hydrogen-bond donors (Lipinski definition) is 0. The fourth-order valence-corrected chi connectivity index (χ4v) is 3.93. The molecular weight excluding hydrogens is 386 g/mol. The molecule has 30 heavy (non-hydrogen) atoms. The van der Waals surface area contributed by atoms with Crippen molar-refractivity contribution in [2.45, 2.75) is 50.5 Å². The largest absolute Gasteiger partial charge is 0.490 e. The standard InChI is InChI=1S/C22H29N3O5/c1-14-21(26)24(2)10-9-16-6-8-19(28-4)20(30-16)13-29-18-7-5-15(12-23)11-17(18)22(27)25(14)3/h5,7,11,14,16,19-20H,6,8-10,13H2,1-4H3/t14-,16-,19+,20-/m1/s1. The molecule has 4 atom stereocenters. The predicted molar refractivity (Wildman–Crippen MR) is 109 cm³/mol. The molecule has 1 fully saturated rings. The van der Waals surface area contributed by atoms with Crippen molar-refractivity contribution in [2.75, 3.05) is 34.4 Å². The maximum atomic E-state index is 13.2. The summed E-state index contributed by atoms with van der Waals surface area (Å²) in [5, 5.41) is 9.27. The molecule has 0 unspecified atom stereocenters. The van der Waals surface area contributed by atoms with Crippen LogP contribution in [0.1, 0.15) is 42.1 Å². The van der Waals surface area contributed by atoms with Crippen LogP contribution in [0.25, 0.3) is 0 Å². The fraction of sp³-hybridized carbons (Fsp3) is 0.591. The van der Waals surface area contributed by atoms with Crippen LogP contribution >= 0.6 is 0 Å². The number of methoxy groups -OCH3 is 1. The van der Waals surface area contributed by atoms with Gasteiger partial charge in [0, 0.05) is 27.7 Å². The van der Waals surface area contributed by atoms with E-state index < -0.39 is 6.04 Å². The number of amides is 2. The summed E-state index contributed by atoms with van der Waals surface area (Å²) in [6.45, 7) is 2.47. The van der Waals surface area contributed by atoms with E-state index in [-0.39, 0.29) is 42.3 Å². The van der Waals surface area contributed by atoms with E-state index in [9.17, 15) is 14.9 Å². The average Bonchev–Trinajstić information content (AvgIpc) is 2.78. The molecule has 2 amide bonds. The van der Waals surface area contributed by atoms with Gasteiger partial charge in [-0.05, 0) is 44.4 Å². The van der Waals surface area contributed by atoms with E-state index in [0.717, 1.165) is 12.8 Å². The summed E-state index contributed by atoms with van der Waals surface area (Å²) >= 11 is 0. The van der Waals surface area contributed by atoms with Gasteiger partial charge >= 0.3 is 0 Å². The zero-order valence-corrected chi connectivity index (χ0v) is 18.0. The summed E-state index contributed by atoms with van der Waals surface area (Å²) in [5.41, 5.74) is 0.595. The van der Waals surface area contributed by atoms with Gasteiger partial charge in [0.25, 0.3) is 5.91 Å². The van der Waals surface area contributed by atoms with Crippen LogP contribution < -0.4 is 4.74 Å². The molecule has 8 nitrogen and oxygen atoms in total. The first-order valence-corrected chi connectivity index (χ1v) is 10.2. The molecule has 0 aromatic heterocycles. The van der Waals surface area contributed by atoms with E-state index in [1.165, 1.54) is 11.0 Å². The minimum absolute atomic E-state index is 0.0123. The van der Waals surface area contributed by atoms with Crippen LogP contribution in [-0.2, 0) is 14.3 Å². The second-order valence-corrected chi connectivity index (χ2v) is 7.92. The van der Waals surface area contributed by atoms with Gasteiger partial charge in [-0.25, -0.2) is 0 Å². The number of benzene rings is 1. The Morgan fingerprint density at radius 1 is 1.20 bits per heavy atom. The van der Waals surface area contributed by atoms with E-state index in [4.69, 9.17) is 14.2 Å². The highest BCUT2D eigenvalue weighted by Gasteiger charge is 2.34. The van der Waals surface area contributed by atoms with Crippen molar-refractivity contribution in [3.8, 4) is 11.8 Å². The minimum atomic E-state index is -0.651. The van der Waals surface area contributed by atoms with Crippen molar-refractivity contribution < 1.29 is 23.8 Å². The molecule has 2 aliphatic heterocycles. The SMILES string of the molecule is CO[C@H]1CC[C@@H]2CCN(C)C(=O)[C@@H](C)N(C)C(=O)c3cc(C#N)ccc3OC[C@H]1O2. The van der Waals surface area contributed by atoms with Gasteiger partial charge < -0.3 is 24.0 Å². The number of likely N-dealkylation sites (N-methyl/N-ethyl adjacent to an activating group) is 2. The Kier molecular flexibility index (Phi) is 6.95. The number of hydrogen-bond acceptors (Lipinski definition) is 6. The van der Waals surface area contributed by atoms with Gasteiger partial charge in [0.15, 0.2) is 0 Å². The topological polar surface area (TPSA) is 92.1 Å². The third-order valence-electron chi connectivity index (χ3n) is 6.02. The second-order valence-electron chi connectivity index (χ2n) is 7.92. The molecule has 1 aromatic rings. The lowest BCUT2D eigenvalue weighted by Crippen LogP contribution is -2.48. The number of carbonyl (C=O) groups excluding carboxylic acids is 2. The van der Waals surface area contributed by atoms with Crippen LogP contribution in [0.2, 0.25) is 0 Å². The third kappa shape index (κ3) is 4.58. The summed E-state index contributed by atoms with van der Waals surface area (Å²) in [6, 6.07) is 6.12. The zero-order chi connectivity index (χ0) is 21.8. The quantitative estimate of drug-likeness (QED) is 0.695. The van der Waals surface area contributed by atoms with Gasteiger partial charge in [-0.1, -0.05) is 0 Å². The van der Waals surface area contributed by atoms with Crippen LogP contribution in [-0.4, -0.2) is 80.3 Å². The highest BCUT2D eigenvalue weighted by atomic mass is 16.6. The summed E-state index contributed by atoms with van der Waals surface area (Å²) < 4.78 is 17.8. The van der Waals surface area contributed by atoms with Crippen molar-refractivity contribution in [2.24, 2.45) is 0 Å². The molecule has 2 heterocycles. The molecular formula is C22H29N3O5. The molecule has 8 heteroatoms. The highest BCUT2D eigenvalue weighted by Crippen LogP contribution is 2.28. The van der Waals surface area contributed by atoms with Gasteiger partial charge in [-0.3, -0.25) is 9.59 Å². The molecule has 0 radical (unpaired) electrons. The Labute approximate surface area is 177 Å². The number of ether oxygens (including phenoxy) is 3. The van der Waals surface area contributed by atoms with Gasteiger partial charge in [0.1, 0.15) is 24.5 Å². The van der Waals surface area contributed by atoms with Crippen LogP contribution in [0.4, 0.5) is 0 Å². The molecule has 2 aliphatic rings. The monoisotopic (exact) mass is 415 g/mol. The Morgan fingerprint density at radius 3 is 2.67 bits per heavy atom. The van der Waals surface area contributed by atoms with Crippen molar-refractivity contribution in [3.63, 3.8) is 0 Å². The van der Waals surface area contributed by atoms with Gasteiger partial charge in [-0.15, -0.1) is 0 Å². The molecule has 0 aliphatic carbocycles. The highest BCUT2D eigenvalue weighted by molar-refractivity contribution is 5.99. The number of rotatable bonds is 1. The lowest BCUT2D eigenvalue weighted by Gasteiger charge is -2.37. The number of fused-ring (bicyclic) bond motifs is 3. The maximum Gasteiger partial charge on any atom is 0.258 e. The molecule has 162 valence electrons. The van der Waals surface area contributed by atoms with Crippen molar-refractivity contribution in [3.05, 3.63) is 29.3 Å². The van der Waals surface area contributed by atoms with E-state index in [0.29, 0.717) is 24.3 Å². The summed E-state index contributed by atoms with van der Waals surface area (Å²) in [7, 11) is 4.98. The molecule has 1 saturated heterocycles. The van der Waals surface area contributed by atoms with E-state index in [2.05, 4.69) is 0 Å². The molecule has 1 aromatic carbocycles. The normalized spacial score (nSPS) is 28.2. The van der Waals surface area contributed by atoms with Crippen LogP contribution in [0.15, 0.2) is 18.2 Å². The van der Waals surface area contributed by atoms with Crippen LogP contribution in [0.5, 0.6) is 5.75 Å². The Balaban J connectivity index is 1.98. The fourth-order valence-electron chi connectivity index (χ4n) is 3.93. The van der Waals surface area contributed by atoms with Crippen molar-refractivity contribution in [1.82, 2.24) is 9.80 Å². The van der Waals surface area contributed by atoms with Crippen molar-refractivity contribution in [1.29, 1.82) is 5.26 Å². The second kappa shape index (κ2) is 9.45. The smallest absolute Gasteiger partial charge is 0.258 e. The van der Waals surface area contributed by atoms with E-state index in [1.54, 1.807) is 45.2 Å². The Bertz CT molecular complexity index is 837. The van der Waals surface area contributed by atoms with E-state index in [1.807, 2.05) is 6.07 Å². The van der Waals surface area contributed by atoms with E-state index >= 15 is 0 Å². The van der Waals surface area contributed by atoms with Gasteiger partial charge in [-0.2, -0.15) is 5.26 Å². The maximum absolute atomic E-state index is 13.2. The number of carbonyl (C=O) groups is 2. The first-order valence-electron chi connectivity index (χ1n) is 10.2. The lowest BCUT2D eigenvalue weighted by atomic mass is 9.99. The summed E-state index contributed by atoms with van der Waals surface area (Å²) in [6.07, 6.45) is 2.03. The third-order valence-corrected chi connectivity index (χ3v) is 6.02. The first kappa shape index (κ1) is 22.1. The number of nitrogens with zero attached hydrogens (tertiary/aromatic N) is 3. The molecule has 0 N–H and O–H groups in total. The summed E-state index contributed by atoms with van der Waals surface area (Å²) in [5.74, 6) is -0.167. The molecule has 0 saturated carbocycles. The average molecular weight is 415 g/mol.